The van der Waals surface area contributed by atoms with Gasteiger partial charge < -0.3 is 0 Å². The number of alkyl halides is 4. The van der Waals surface area contributed by atoms with Crippen LogP contribution in [-0.2, 0) is 10.4 Å². The Balaban J connectivity index is -0.000000107. The van der Waals surface area contributed by atoms with E-state index < -0.39 is 16.8 Å². The second-order valence-corrected chi connectivity index (χ2v) is 1.77. The molecule has 0 fully saturated rings. The van der Waals surface area contributed by atoms with Crippen molar-refractivity contribution in [3.8, 4) is 0 Å². The van der Waals surface area contributed by atoms with E-state index in [0.717, 1.165) is 0 Å². The first-order valence-electron chi connectivity index (χ1n) is 1.45. The third-order valence-electron chi connectivity index (χ3n) is 0. The van der Waals surface area contributed by atoms with Gasteiger partial charge in [0.2, 0.25) is 0 Å². The van der Waals surface area contributed by atoms with Crippen LogP contribution in [0.4, 0.5) is 17.6 Å². The zero-order chi connectivity index (χ0) is 9.00. The van der Waals surface area contributed by atoms with Crippen molar-refractivity contribution < 1.29 is 35.1 Å². The van der Waals surface area contributed by atoms with Crippen molar-refractivity contribution in [3.05, 3.63) is 0 Å². The average molecular weight is 210 g/mol. The minimum atomic E-state index is -5.50. The zero-order valence-corrected chi connectivity index (χ0v) is 4.95. The Kier molecular flexibility index (Phi) is 9.84. The van der Waals surface area contributed by atoms with Gasteiger partial charge in [-0.25, -0.2) is 0 Å². The van der Waals surface area contributed by atoms with Crippen LogP contribution in [0.5, 0.6) is 0 Å². The molecule has 0 atom stereocenters. The molecule has 0 rings (SSSR count). The average Bonchev–Trinajstić information content (AvgIpc) is 1.12. The van der Waals surface area contributed by atoms with Crippen LogP contribution in [0.3, 0.4) is 0 Å². The summed E-state index contributed by atoms with van der Waals surface area (Å²) in [5.74, 6) is 0. The first-order chi connectivity index (χ1) is 4.00. The molecular formula is CH3F4NaO4S. The molecule has 0 aliphatic carbocycles. The maximum absolute atomic E-state index is 9.69. The fourth-order valence-corrected chi connectivity index (χ4v) is 0. The van der Waals surface area contributed by atoms with Crippen LogP contribution in [0, 0.1) is 0 Å². The first-order valence-corrected chi connectivity index (χ1v) is 2.85. The summed E-state index contributed by atoms with van der Waals surface area (Å²) in [5, 5.41) is 0. The van der Waals surface area contributed by atoms with Crippen LogP contribution in [0.1, 0.15) is 0 Å². The summed E-state index contributed by atoms with van der Waals surface area (Å²) in [4.78, 5) is 0. The molecule has 0 aliphatic heterocycles. The van der Waals surface area contributed by atoms with E-state index >= 15 is 0 Å². The molecule has 0 aromatic rings. The van der Waals surface area contributed by atoms with Crippen molar-refractivity contribution in [2.75, 3.05) is 0 Å². The second kappa shape index (κ2) is 6.14. The molecule has 0 amide bonds. The van der Waals surface area contributed by atoms with Crippen LogP contribution < -0.4 is 0 Å². The van der Waals surface area contributed by atoms with Crippen LogP contribution in [-0.4, -0.2) is 53.5 Å². The van der Waals surface area contributed by atoms with Crippen molar-refractivity contribution in [3.63, 3.8) is 0 Å². The van der Waals surface area contributed by atoms with Crippen molar-refractivity contribution in [1.29, 1.82) is 0 Å². The number of hydrogen-bond acceptors (Lipinski definition) is 2. The molecule has 0 saturated carbocycles. The predicted octanol–water partition coefficient (Wildman–Crippen LogP) is 0.174. The van der Waals surface area contributed by atoms with Gasteiger partial charge in [0.05, 0.1) is 0 Å². The van der Waals surface area contributed by atoms with Gasteiger partial charge in [-0.1, -0.05) is 0 Å². The Morgan fingerprint density at radius 3 is 1.00 bits per heavy atom. The van der Waals surface area contributed by atoms with Crippen LogP contribution in [0.25, 0.3) is 0 Å². The molecule has 0 unspecified atom stereocenters. The molecule has 4 nitrogen and oxygen atoms in total. The Labute approximate surface area is 81.5 Å². The summed E-state index contributed by atoms with van der Waals surface area (Å²) in [6, 6.07) is 0. The van der Waals surface area contributed by atoms with Gasteiger partial charge in [-0.15, -0.1) is 17.6 Å². The molecule has 11 heavy (non-hydrogen) atoms. The predicted molar refractivity (Wildman–Crippen MR) is 28.5 cm³/mol. The monoisotopic (exact) mass is 210 g/mol. The molecule has 0 aromatic carbocycles. The third-order valence-corrected chi connectivity index (χ3v) is 0. The van der Waals surface area contributed by atoms with Crippen molar-refractivity contribution in [2.24, 2.45) is 0 Å². The van der Waals surface area contributed by atoms with Gasteiger partial charge in [0.15, 0.2) is 0 Å². The first kappa shape index (κ1) is 17.6. The van der Waals surface area contributed by atoms with Crippen molar-refractivity contribution >= 4 is 40.0 Å². The summed E-state index contributed by atoms with van der Waals surface area (Å²) in [6.45, 7) is 0. The normalized spacial score (nSPS) is 10.7. The maximum atomic E-state index is 9.69. The van der Waals surface area contributed by atoms with E-state index in [2.05, 4.69) is 0 Å². The molecular weight excluding hydrogens is 207 g/mol. The van der Waals surface area contributed by atoms with Gasteiger partial charge in [-0.3, -0.25) is 9.11 Å². The SMILES string of the molecule is FC(F)(F)F.O=S(=O)(O)O.[NaH]. The second-order valence-electron chi connectivity index (χ2n) is 0.876. The third kappa shape index (κ3) is 2240. The Morgan fingerprint density at radius 1 is 1.00 bits per heavy atom. The van der Waals surface area contributed by atoms with Gasteiger partial charge in [0, 0.05) is 0 Å². The van der Waals surface area contributed by atoms with E-state index in [1.54, 1.807) is 0 Å². The van der Waals surface area contributed by atoms with E-state index in [1.165, 1.54) is 0 Å². The standard InChI is InChI=1S/CF4.Na.H2O4S.H/c2-1(3,4)5;;1-5(2,3)4;/h;;(H2,1,2,3,4);. The van der Waals surface area contributed by atoms with E-state index in [1.807, 2.05) is 0 Å². The number of rotatable bonds is 0. The minimum absolute atomic E-state index is 0. The Hall–Kier alpha value is 0.590. The van der Waals surface area contributed by atoms with Gasteiger partial charge in [0.25, 0.3) is 0 Å². The number of halogens is 4. The summed E-state index contributed by atoms with van der Waals surface area (Å²) in [6.07, 6.45) is -5.50. The molecule has 0 aromatic heterocycles. The topological polar surface area (TPSA) is 74.6 Å². The molecule has 0 bridgehead atoms. The van der Waals surface area contributed by atoms with Gasteiger partial charge in [-0.2, -0.15) is 8.42 Å². The fraction of sp³-hybridized carbons (Fsp3) is 1.00. The van der Waals surface area contributed by atoms with Crippen LogP contribution in [0.15, 0.2) is 0 Å². The van der Waals surface area contributed by atoms with Gasteiger partial charge in [-0.05, 0) is 0 Å². The summed E-state index contributed by atoms with van der Waals surface area (Å²) in [5.41, 5.74) is 0. The Bertz CT molecular complexity index is 157. The molecule has 0 heterocycles. The van der Waals surface area contributed by atoms with E-state index in [4.69, 9.17) is 17.5 Å². The van der Waals surface area contributed by atoms with E-state index in [0.29, 0.717) is 0 Å². The quantitative estimate of drug-likeness (QED) is 0.339. The summed E-state index contributed by atoms with van der Waals surface area (Å²) < 4.78 is 70.3. The molecule has 0 spiro atoms. The molecule has 0 aliphatic rings. The summed E-state index contributed by atoms with van der Waals surface area (Å²) >= 11 is 0. The van der Waals surface area contributed by atoms with Crippen molar-refractivity contribution in [2.45, 2.75) is 6.43 Å². The van der Waals surface area contributed by atoms with Crippen LogP contribution >= 0.6 is 0 Å². The molecule has 2 N–H and O–H groups in total. The van der Waals surface area contributed by atoms with Gasteiger partial charge in [0.1, 0.15) is 0 Å². The van der Waals surface area contributed by atoms with E-state index in [9.17, 15) is 17.6 Å². The molecule has 0 saturated heterocycles. The van der Waals surface area contributed by atoms with Crippen LogP contribution in [0.2, 0.25) is 0 Å². The molecule has 66 valence electrons. The number of hydrogen-bond donors (Lipinski definition) is 2. The van der Waals surface area contributed by atoms with Gasteiger partial charge >= 0.3 is 46.4 Å². The Morgan fingerprint density at radius 2 is 1.00 bits per heavy atom. The molecule has 10 heteroatoms. The molecule has 0 radical (unpaired) electrons. The zero-order valence-electron chi connectivity index (χ0n) is 4.13. The van der Waals surface area contributed by atoms with Crippen molar-refractivity contribution in [1.82, 2.24) is 0 Å². The van der Waals surface area contributed by atoms with E-state index in [-0.39, 0.29) is 29.6 Å². The summed E-state index contributed by atoms with van der Waals surface area (Å²) in [7, 11) is -4.67. The fourth-order valence-electron chi connectivity index (χ4n) is 0.